The van der Waals surface area contributed by atoms with Crippen LogP contribution in [0.15, 0.2) is 73.1 Å². The second-order valence-corrected chi connectivity index (χ2v) is 21.7. The number of carbonyl (C=O) groups is 7. The number of fused-ring (bicyclic) bond motifs is 2. The quantitative estimate of drug-likeness (QED) is 0.108. The Morgan fingerprint density at radius 3 is 1.51 bits per heavy atom. The Morgan fingerprint density at radius 2 is 1.08 bits per heavy atom. The molecule has 0 bridgehead atoms. The van der Waals surface area contributed by atoms with Crippen molar-refractivity contribution in [1.29, 1.82) is 0 Å². The van der Waals surface area contributed by atoms with Gasteiger partial charge in [-0.3, -0.25) is 33.7 Å². The molecule has 4 aliphatic rings. The van der Waals surface area contributed by atoms with Crippen LogP contribution in [0.1, 0.15) is 146 Å². The molecule has 5 N–H and O–H groups in total. The molecule has 0 spiro atoms. The lowest BCUT2D eigenvalue weighted by atomic mass is 9.98. The van der Waals surface area contributed by atoms with Gasteiger partial charge in [-0.25, -0.2) is 14.2 Å². The molecule has 2 aromatic heterocycles. The second-order valence-electron chi connectivity index (χ2n) is 21.7. The number of carbonyl (C=O) groups excluding carboxylic acids is 7. The zero-order valence-corrected chi connectivity index (χ0v) is 44.7. The van der Waals surface area contributed by atoms with Gasteiger partial charge in [0.25, 0.3) is 0 Å². The van der Waals surface area contributed by atoms with Gasteiger partial charge in [0.05, 0.1) is 30.5 Å². The van der Waals surface area contributed by atoms with Crippen molar-refractivity contribution in [2.45, 2.75) is 184 Å². The van der Waals surface area contributed by atoms with Crippen LogP contribution in [0.3, 0.4) is 0 Å². The van der Waals surface area contributed by atoms with E-state index >= 15 is 0 Å². The number of amides is 7. The number of nitrogens with zero attached hydrogens (tertiary/aromatic N) is 9. The number of aromatic nitrogens is 6. The first kappa shape index (κ1) is 55.0. The maximum Gasteiger partial charge on any atom is 0.410 e. The van der Waals surface area contributed by atoms with Gasteiger partial charge in [-0.2, -0.15) is 0 Å². The maximum atomic E-state index is 14.6. The van der Waals surface area contributed by atoms with Gasteiger partial charge in [0.15, 0.2) is 0 Å². The van der Waals surface area contributed by atoms with E-state index in [0.717, 1.165) is 43.2 Å². The molecule has 2 aromatic carbocycles. The van der Waals surface area contributed by atoms with Crippen LogP contribution in [0.2, 0.25) is 0 Å². The number of hydrogen-bond donors (Lipinski definition) is 5. The lowest BCUT2D eigenvalue weighted by Gasteiger charge is -2.36. The van der Waals surface area contributed by atoms with Gasteiger partial charge in [0.1, 0.15) is 53.9 Å². The van der Waals surface area contributed by atoms with E-state index in [1.807, 2.05) is 60.7 Å². The van der Waals surface area contributed by atoms with Crippen molar-refractivity contribution in [3.63, 3.8) is 0 Å². The van der Waals surface area contributed by atoms with E-state index in [2.05, 4.69) is 47.2 Å². The van der Waals surface area contributed by atoms with Crippen LogP contribution in [0.4, 0.5) is 4.79 Å². The minimum Gasteiger partial charge on any atom is -0.444 e. The van der Waals surface area contributed by atoms with Gasteiger partial charge in [-0.05, 0) is 104 Å². The number of nitrogens with one attached hydrogen (secondary N) is 5. The Hall–Kier alpha value is -7.23. The number of hydrogen-bond acceptors (Lipinski definition) is 13. The van der Waals surface area contributed by atoms with Crippen LogP contribution >= 0.6 is 0 Å². The van der Waals surface area contributed by atoms with E-state index in [9.17, 15) is 33.6 Å². The first-order chi connectivity index (χ1) is 36.4. The Kier molecular flexibility index (Phi) is 17.5. The summed E-state index contributed by atoms with van der Waals surface area (Å²) in [5.41, 5.74) is 1.63. The van der Waals surface area contributed by atoms with E-state index in [4.69, 9.17) is 4.74 Å². The average Bonchev–Trinajstić information content (AvgIpc) is 4.25. The van der Waals surface area contributed by atoms with Crippen LogP contribution in [-0.2, 0) is 40.2 Å². The summed E-state index contributed by atoms with van der Waals surface area (Å²) in [5, 5.41) is 33.0. The van der Waals surface area contributed by atoms with Gasteiger partial charge >= 0.3 is 6.09 Å². The van der Waals surface area contributed by atoms with Crippen LogP contribution in [0.5, 0.6) is 0 Å². The topological polar surface area (TPSA) is 260 Å². The van der Waals surface area contributed by atoms with Gasteiger partial charge < -0.3 is 41.1 Å². The fraction of sp³-hybridized carbons (Fsp3) is 0.574. The lowest BCUT2D eigenvalue weighted by molar-refractivity contribution is -0.144. The molecule has 10 atom stereocenters. The molecule has 8 rings (SSSR count). The molecule has 4 aromatic rings. The molecule has 0 saturated carbocycles. The maximum absolute atomic E-state index is 14.6. The lowest BCUT2D eigenvalue weighted by Crippen LogP contribution is -2.58. The SMILES string of the molecule is CN[C@@H](C)C(=O)N[C@H]1CCCC[C@H]2CC[C@@H](C(=O)N[C@@H](c3ccccc3)c3cn(Cn4cc([C@@H](NC(=O)[C@@H]5CC[C@@H]6CCCC[C@H](NC(=O)[C@H](C)N(C)C(=O)OC(C)(C)C)C(=O)N65)c5ccccc5)nn4)nn3)N2C1=O. The van der Waals surface area contributed by atoms with Crippen molar-refractivity contribution in [2.75, 3.05) is 14.1 Å². The van der Waals surface area contributed by atoms with Gasteiger partial charge in [0.2, 0.25) is 35.4 Å². The summed E-state index contributed by atoms with van der Waals surface area (Å²) < 4.78 is 8.59. The standard InChI is InChI=1S/C54H74N14O8/c1-33(55-6)47(69)56-39-24-16-14-22-37-26-28-43(67(37)51(39)73)49(71)58-45(35-18-10-8-11-19-35)41-30-65(62-60-41)32-66-31-42(61-63-66)46(36-20-12-9-13-21-36)59-50(72)44-29-27-38-23-15-17-25-40(52(74)68(38)44)57-48(70)34(2)64(7)53(75)76-54(3,4)5/h8-13,18-21,30-31,33-34,37-40,43-46,55H,14-17,22-29,32H2,1-7H3,(H,56,69)(H,57,70)(H,58,71)(H,59,72)/t33-,34-,37-,38-,39-,40-,43-,44-,45-,46-/m0/s1. The molecule has 0 aliphatic carbocycles. The molecule has 22 nitrogen and oxygen atoms in total. The summed E-state index contributed by atoms with van der Waals surface area (Å²) in [7, 11) is 3.17. The fourth-order valence-electron chi connectivity index (χ4n) is 10.8. The summed E-state index contributed by atoms with van der Waals surface area (Å²) in [6.07, 6.45) is 10.6. The van der Waals surface area contributed by atoms with E-state index in [0.29, 0.717) is 56.3 Å². The van der Waals surface area contributed by atoms with E-state index in [1.165, 1.54) is 11.9 Å². The Labute approximate surface area is 443 Å². The molecule has 4 fully saturated rings. The van der Waals surface area contributed by atoms with Crippen molar-refractivity contribution in [2.24, 2.45) is 0 Å². The smallest absolute Gasteiger partial charge is 0.410 e. The number of ether oxygens (including phenoxy) is 1. The summed E-state index contributed by atoms with van der Waals surface area (Å²) in [6, 6.07) is 12.4. The third-order valence-corrected chi connectivity index (χ3v) is 15.2. The molecular formula is C54H74N14O8. The van der Waals surface area contributed by atoms with Crippen LogP contribution in [0.25, 0.3) is 0 Å². The molecule has 0 unspecified atom stereocenters. The van der Waals surface area contributed by atoms with E-state index in [1.54, 1.807) is 73.2 Å². The molecule has 0 radical (unpaired) electrons. The Morgan fingerprint density at radius 1 is 0.645 bits per heavy atom. The molecule has 76 heavy (non-hydrogen) atoms. The highest BCUT2D eigenvalue weighted by Gasteiger charge is 2.47. The van der Waals surface area contributed by atoms with Crippen LogP contribution in [-0.4, -0.2) is 154 Å². The molecule has 22 heteroatoms. The summed E-state index contributed by atoms with van der Waals surface area (Å²) in [6.45, 7) is 8.61. The zero-order valence-electron chi connectivity index (χ0n) is 44.7. The Balaban J connectivity index is 0.961. The van der Waals surface area contributed by atoms with Gasteiger partial charge in [-0.1, -0.05) is 96.8 Å². The molecule has 6 heterocycles. The normalized spacial score (nSPS) is 23.5. The van der Waals surface area contributed by atoms with Crippen molar-refractivity contribution in [1.82, 2.24) is 71.3 Å². The summed E-state index contributed by atoms with van der Waals surface area (Å²) in [5.74, 6) is -2.04. The van der Waals surface area contributed by atoms with E-state index < -0.39 is 65.9 Å². The zero-order chi connectivity index (χ0) is 54.3. The highest BCUT2D eigenvalue weighted by Crippen LogP contribution is 2.34. The van der Waals surface area contributed by atoms with Crippen molar-refractivity contribution < 1.29 is 38.3 Å². The fourth-order valence-corrected chi connectivity index (χ4v) is 10.8. The third-order valence-electron chi connectivity index (χ3n) is 15.2. The first-order valence-corrected chi connectivity index (χ1v) is 26.8. The first-order valence-electron chi connectivity index (χ1n) is 26.8. The molecule has 408 valence electrons. The van der Waals surface area contributed by atoms with Crippen LogP contribution in [0, 0.1) is 0 Å². The van der Waals surface area contributed by atoms with E-state index in [-0.39, 0.29) is 48.3 Å². The minimum atomic E-state index is -0.925. The molecule has 7 amide bonds. The predicted octanol–water partition coefficient (Wildman–Crippen LogP) is 3.49. The second kappa shape index (κ2) is 24.2. The largest absolute Gasteiger partial charge is 0.444 e. The van der Waals surface area contributed by atoms with Crippen LogP contribution < -0.4 is 26.6 Å². The van der Waals surface area contributed by atoms with Gasteiger partial charge in [-0.15, -0.1) is 10.2 Å². The highest BCUT2D eigenvalue weighted by molar-refractivity contribution is 5.95. The molecular weight excluding hydrogens is 973 g/mol. The summed E-state index contributed by atoms with van der Waals surface area (Å²) in [4.78, 5) is 101. The Bertz CT molecular complexity index is 2690. The average molecular weight is 1050 g/mol. The predicted molar refractivity (Wildman–Crippen MR) is 278 cm³/mol. The van der Waals surface area contributed by atoms with Gasteiger partial charge in [0, 0.05) is 19.1 Å². The van der Waals surface area contributed by atoms with Crippen molar-refractivity contribution in [3.8, 4) is 0 Å². The van der Waals surface area contributed by atoms with Crippen molar-refractivity contribution >= 4 is 41.5 Å². The van der Waals surface area contributed by atoms with Crippen molar-refractivity contribution in [3.05, 3.63) is 95.6 Å². The molecule has 4 saturated heterocycles. The molecule has 4 aliphatic heterocycles. The number of likely N-dealkylation sites (N-methyl/N-ethyl adjacent to an activating group) is 2. The monoisotopic (exact) mass is 1050 g/mol. The third kappa shape index (κ3) is 12.9. The number of benzene rings is 2. The summed E-state index contributed by atoms with van der Waals surface area (Å²) >= 11 is 0. The highest BCUT2D eigenvalue weighted by atomic mass is 16.6. The number of rotatable bonds is 16. The minimum absolute atomic E-state index is 0.0721.